The van der Waals surface area contributed by atoms with Crippen molar-refractivity contribution in [2.75, 3.05) is 0 Å². The van der Waals surface area contributed by atoms with Gasteiger partial charge in [-0.05, 0) is 42.7 Å². The first kappa shape index (κ1) is 20.7. The normalized spacial score (nSPS) is 13.9. The Morgan fingerprint density at radius 2 is 1.94 bits per heavy atom. The predicted octanol–water partition coefficient (Wildman–Crippen LogP) is 3.35. The zero-order valence-corrected chi connectivity index (χ0v) is 16.5. The maximum absolute atomic E-state index is 13.4. The van der Waals surface area contributed by atoms with Crippen molar-refractivity contribution in [2.45, 2.75) is 31.5 Å². The van der Waals surface area contributed by atoms with Gasteiger partial charge in [0.2, 0.25) is 0 Å². The maximum Gasteiger partial charge on any atom is 0.431 e. The first-order valence-electron chi connectivity index (χ1n) is 9.54. The van der Waals surface area contributed by atoms with Gasteiger partial charge in [-0.15, -0.1) is 0 Å². The number of hydrogen-bond acceptors (Lipinski definition) is 4. The van der Waals surface area contributed by atoms with Gasteiger partial charge >= 0.3 is 6.18 Å². The van der Waals surface area contributed by atoms with Crippen molar-refractivity contribution >= 4 is 5.91 Å². The third-order valence-electron chi connectivity index (χ3n) is 5.13. The summed E-state index contributed by atoms with van der Waals surface area (Å²) in [5.41, 5.74) is 3.84. The number of rotatable bonds is 6. The minimum atomic E-state index is -4.82. The minimum absolute atomic E-state index is 0.148. The Kier molecular flexibility index (Phi) is 5.08. The zero-order chi connectivity index (χ0) is 22.3. The van der Waals surface area contributed by atoms with Crippen molar-refractivity contribution in [2.24, 2.45) is 12.8 Å². The zero-order valence-electron chi connectivity index (χ0n) is 16.5. The van der Waals surface area contributed by atoms with Gasteiger partial charge < -0.3 is 15.5 Å². The number of carbonyl (C=O) groups is 1. The Morgan fingerprint density at radius 3 is 2.52 bits per heavy atom. The van der Waals surface area contributed by atoms with Crippen LogP contribution < -0.4 is 16.0 Å². The van der Waals surface area contributed by atoms with Crippen LogP contribution in [0.25, 0.3) is 11.1 Å². The molecule has 0 saturated heterocycles. The minimum Gasteiger partial charge on any atom is -0.487 e. The number of pyridine rings is 1. The first-order valence-corrected chi connectivity index (χ1v) is 9.54. The van der Waals surface area contributed by atoms with Gasteiger partial charge in [-0.1, -0.05) is 12.1 Å². The monoisotopic (exact) mass is 432 g/mol. The molecule has 1 aliphatic rings. The first-order chi connectivity index (χ1) is 14.6. The smallest absolute Gasteiger partial charge is 0.431 e. The second kappa shape index (κ2) is 7.60. The molecule has 0 aliphatic heterocycles. The maximum atomic E-state index is 13.4. The van der Waals surface area contributed by atoms with Gasteiger partial charge in [0, 0.05) is 18.5 Å². The van der Waals surface area contributed by atoms with Gasteiger partial charge in [-0.3, -0.25) is 14.3 Å². The number of alkyl halides is 3. The number of nitrogens with one attached hydrogen (secondary N) is 1. The number of aryl methyl sites for hydroxylation is 1. The summed E-state index contributed by atoms with van der Waals surface area (Å²) < 4.78 is 47.7. The topological polar surface area (TPSA) is 103 Å². The molecule has 0 radical (unpaired) electrons. The Hall–Kier alpha value is -3.56. The van der Waals surface area contributed by atoms with E-state index in [0.29, 0.717) is 11.7 Å². The van der Waals surface area contributed by atoms with E-state index in [1.165, 1.54) is 24.3 Å². The molecule has 0 spiro atoms. The van der Waals surface area contributed by atoms with E-state index in [1.807, 2.05) is 13.1 Å². The van der Waals surface area contributed by atoms with Crippen LogP contribution in [0.3, 0.4) is 0 Å². The van der Waals surface area contributed by atoms with Crippen LogP contribution in [0.5, 0.6) is 5.75 Å². The van der Waals surface area contributed by atoms with Crippen molar-refractivity contribution < 1.29 is 22.7 Å². The molecule has 1 aromatic carbocycles. The highest BCUT2D eigenvalue weighted by atomic mass is 19.4. The van der Waals surface area contributed by atoms with Gasteiger partial charge in [-0.25, -0.2) is 0 Å². The number of ether oxygens (including phenoxy) is 1. The number of nitrogens with two attached hydrogens (primary N) is 1. The summed E-state index contributed by atoms with van der Waals surface area (Å²) in [4.78, 5) is 24.9. The second-order valence-corrected chi connectivity index (χ2v) is 7.43. The van der Waals surface area contributed by atoms with E-state index < -0.39 is 28.9 Å². The van der Waals surface area contributed by atoms with E-state index in [2.05, 4.69) is 5.10 Å². The van der Waals surface area contributed by atoms with E-state index in [-0.39, 0.29) is 17.7 Å². The van der Waals surface area contributed by atoms with Gasteiger partial charge in [0.1, 0.15) is 23.6 Å². The van der Waals surface area contributed by atoms with Crippen LogP contribution in [-0.2, 0) is 19.8 Å². The molecule has 2 aromatic heterocycles. The molecule has 2 heterocycles. The van der Waals surface area contributed by atoms with Crippen LogP contribution in [0, 0.1) is 0 Å². The van der Waals surface area contributed by atoms with Crippen LogP contribution in [0.1, 0.15) is 46.2 Å². The highest BCUT2D eigenvalue weighted by Crippen LogP contribution is 2.39. The van der Waals surface area contributed by atoms with Gasteiger partial charge in [0.05, 0.1) is 11.4 Å². The molecule has 3 aromatic rings. The summed E-state index contributed by atoms with van der Waals surface area (Å²) in [6.07, 6.45) is -2.54. The fraction of sp³-hybridized carbons (Fsp3) is 0.286. The molecule has 1 amide bonds. The Labute approximate surface area is 174 Å². The lowest BCUT2D eigenvalue weighted by atomic mass is 10.0. The highest BCUT2D eigenvalue weighted by molar-refractivity contribution is 5.94. The third-order valence-corrected chi connectivity index (χ3v) is 5.13. The molecule has 10 heteroatoms. The summed E-state index contributed by atoms with van der Waals surface area (Å²) in [5.74, 6) is -0.145. The molecule has 1 fully saturated rings. The Balaban J connectivity index is 1.58. The number of nitrogens with zero attached hydrogens (tertiary/aromatic N) is 2. The number of carbonyl (C=O) groups excluding carboxylic acids is 1. The van der Waals surface area contributed by atoms with E-state index in [9.17, 15) is 22.8 Å². The number of benzene rings is 1. The average Bonchev–Trinajstić information content (AvgIpc) is 3.49. The van der Waals surface area contributed by atoms with Gasteiger partial charge in [0.25, 0.3) is 11.5 Å². The van der Waals surface area contributed by atoms with Crippen molar-refractivity contribution in [3.05, 3.63) is 69.4 Å². The molecule has 3 N–H and O–H groups in total. The lowest BCUT2D eigenvalue weighted by Gasteiger charge is -2.14. The summed E-state index contributed by atoms with van der Waals surface area (Å²) >= 11 is 0. The predicted molar refractivity (Wildman–Crippen MR) is 106 cm³/mol. The molecular weight excluding hydrogens is 413 g/mol. The summed E-state index contributed by atoms with van der Waals surface area (Å²) in [5, 5.41) is 4.46. The Bertz CT molecular complexity index is 1190. The number of aromatic nitrogens is 3. The average molecular weight is 432 g/mol. The molecule has 31 heavy (non-hydrogen) atoms. The fourth-order valence-corrected chi connectivity index (χ4v) is 3.30. The van der Waals surface area contributed by atoms with Crippen molar-refractivity contribution in [1.82, 2.24) is 14.8 Å². The van der Waals surface area contributed by atoms with E-state index in [0.717, 1.165) is 30.3 Å². The highest BCUT2D eigenvalue weighted by Gasteiger charge is 2.36. The summed E-state index contributed by atoms with van der Waals surface area (Å²) in [6, 6.07) is 8.72. The van der Waals surface area contributed by atoms with E-state index >= 15 is 0 Å². The molecule has 7 nitrogen and oxygen atoms in total. The standard InChI is InChI=1S/C21H19F3N4O3/c1-28-13(8-17(27-28)12-2-3-12)10-31-14-6-4-11(5-7-14)15-9-16(19(25)29)20(30)26-18(15)21(22,23)24/h4-9,12H,2-3,10H2,1H3,(H2,25,29)(H,26,30). The number of aromatic amines is 1. The molecule has 0 atom stereocenters. The van der Waals surface area contributed by atoms with Crippen molar-refractivity contribution in [3.8, 4) is 16.9 Å². The number of H-pyrrole nitrogens is 1. The molecule has 1 saturated carbocycles. The van der Waals surface area contributed by atoms with Crippen LogP contribution in [0.15, 0.2) is 41.2 Å². The molecule has 1 aliphatic carbocycles. The van der Waals surface area contributed by atoms with E-state index in [4.69, 9.17) is 10.5 Å². The van der Waals surface area contributed by atoms with Crippen LogP contribution in [0.2, 0.25) is 0 Å². The number of hydrogen-bond donors (Lipinski definition) is 2. The molecule has 0 bridgehead atoms. The lowest BCUT2D eigenvalue weighted by Crippen LogP contribution is -2.27. The molecule has 162 valence electrons. The van der Waals surface area contributed by atoms with Crippen LogP contribution >= 0.6 is 0 Å². The largest absolute Gasteiger partial charge is 0.487 e. The van der Waals surface area contributed by atoms with E-state index in [1.54, 1.807) is 9.67 Å². The number of amides is 1. The SMILES string of the molecule is Cn1nc(C2CC2)cc1COc1ccc(-c2cc(C(N)=O)c(=O)[nH]c2C(F)(F)F)cc1. The third kappa shape index (κ3) is 4.32. The quantitative estimate of drug-likeness (QED) is 0.624. The van der Waals surface area contributed by atoms with Crippen LogP contribution in [0.4, 0.5) is 13.2 Å². The van der Waals surface area contributed by atoms with Gasteiger partial charge in [0.15, 0.2) is 0 Å². The number of primary amides is 1. The summed E-state index contributed by atoms with van der Waals surface area (Å²) in [6.45, 7) is 0.258. The molecule has 0 unspecified atom stereocenters. The molecular formula is C21H19F3N4O3. The second-order valence-electron chi connectivity index (χ2n) is 7.43. The lowest BCUT2D eigenvalue weighted by molar-refractivity contribution is -0.140. The van der Waals surface area contributed by atoms with Gasteiger partial charge in [-0.2, -0.15) is 18.3 Å². The fourth-order valence-electron chi connectivity index (χ4n) is 3.30. The van der Waals surface area contributed by atoms with Crippen molar-refractivity contribution in [1.29, 1.82) is 0 Å². The summed E-state index contributed by atoms with van der Waals surface area (Å²) in [7, 11) is 1.83. The Morgan fingerprint density at radius 1 is 1.26 bits per heavy atom. The molecule has 4 rings (SSSR count). The number of halogens is 3. The van der Waals surface area contributed by atoms with Crippen LogP contribution in [-0.4, -0.2) is 20.7 Å². The van der Waals surface area contributed by atoms with Crippen molar-refractivity contribution in [3.63, 3.8) is 0 Å².